The van der Waals surface area contributed by atoms with Gasteiger partial charge in [-0.3, -0.25) is 9.59 Å². The van der Waals surface area contributed by atoms with Crippen LogP contribution < -0.4 is 4.74 Å². The number of nitrogens with zero attached hydrogens (tertiary/aromatic N) is 1. The molecule has 1 aliphatic heterocycles. The monoisotopic (exact) mass is 345 g/mol. The van der Waals surface area contributed by atoms with Crippen molar-refractivity contribution in [2.24, 2.45) is 0 Å². The number of carboxylic acid groups (broad SMARTS) is 1. The van der Waals surface area contributed by atoms with Crippen LogP contribution in [0.2, 0.25) is 0 Å². The highest BCUT2D eigenvalue weighted by Gasteiger charge is 2.32. The minimum absolute atomic E-state index is 0.0499. The van der Waals surface area contributed by atoms with E-state index in [4.69, 9.17) is 5.11 Å². The number of hydrogen-bond acceptors (Lipinski definition) is 3. The van der Waals surface area contributed by atoms with Gasteiger partial charge in [-0.25, -0.2) is 0 Å². The maximum Gasteiger partial charge on any atom is 0.573 e. The molecule has 1 saturated heterocycles. The van der Waals surface area contributed by atoms with Crippen molar-refractivity contribution in [2.75, 3.05) is 6.54 Å². The summed E-state index contributed by atoms with van der Waals surface area (Å²) in [5.41, 5.74) is 0.0963. The maximum atomic E-state index is 12.6. The first-order valence-electron chi connectivity index (χ1n) is 7.65. The standard InChI is InChI=1S/C16H18F3NO4/c17-16(18,19)24-13-6-3-4-11(10-13)15(23)20-9-2-1-5-12(20)7-8-14(21)22/h3-4,6,10,12H,1-2,5,7-9H2,(H,21,22). The van der Waals surface area contributed by atoms with E-state index in [0.29, 0.717) is 19.4 Å². The number of carbonyl (C=O) groups is 2. The molecule has 0 saturated carbocycles. The predicted molar refractivity (Wildman–Crippen MR) is 78.7 cm³/mol. The summed E-state index contributed by atoms with van der Waals surface area (Å²) in [6.45, 7) is 0.466. The highest BCUT2D eigenvalue weighted by molar-refractivity contribution is 5.95. The van der Waals surface area contributed by atoms with Crippen molar-refractivity contribution in [1.29, 1.82) is 0 Å². The second kappa shape index (κ2) is 7.55. The zero-order chi connectivity index (χ0) is 17.7. The van der Waals surface area contributed by atoms with Gasteiger partial charge >= 0.3 is 12.3 Å². The van der Waals surface area contributed by atoms with Crippen LogP contribution in [0.4, 0.5) is 13.2 Å². The zero-order valence-electron chi connectivity index (χ0n) is 12.9. The largest absolute Gasteiger partial charge is 0.573 e. The van der Waals surface area contributed by atoms with E-state index in [1.54, 1.807) is 4.90 Å². The Kier molecular flexibility index (Phi) is 5.69. The highest BCUT2D eigenvalue weighted by atomic mass is 19.4. The summed E-state index contributed by atoms with van der Waals surface area (Å²) >= 11 is 0. The van der Waals surface area contributed by atoms with E-state index in [9.17, 15) is 22.8 Å². The molecule has 1 aliphatic rings. The maximum absolute atomic E-state index is 12.6. The highest BCUT2D eigenvalue weighted by Crippen LogP contribution is 2.26. The van der Waals surface area contributed by atoms with Crippen molar-refractivity contribution in [2.45, 2.75) is 44.5 Å². The van der Waals surface area contributed by atoms with Gasteiger partial charge in [-0.1, -0.05) is 6.07 Å². The first kappa shape index (κ1) is 18.1. The van der Waals surface area contributed by atoms with E-state index in [-0.39, 0.29) is 18.0 Å². The number of carbonyl (C=O) groups excluding carboxylic acids is 1. The third-order valence-electron chi connectivity index (χ3n) is 3.89. The predicted octanol–water partition coefficient (Wildman–Crippen LogP) is 3.44. The van der Waals surface area contributed by atoms with Gasteiger partial charge in [0.05, 0.1) is 0 Å². The molecule has 8 heteroatoms. The Morgan fingerprint density at radius 3 is 2.71 bits per heavy atom. The van der Waals surface area contributed by atoms with Crippen LogP contribution in [0, 0.1) is 0 Å². The van der Waals surface area contributed by atoms with Crippen LogP contribution in [0.5, 0.6) is 5.75 Å². The summed E-state index contributed by atoms with van der Waals surface area (Å²) in [7, 11) is 0. The van der Waals surface area contributed by atoms with Gasteiger partial charge in [0.1, 0.15) is 5.75 Å². The number of rotatable bonds is 5. The number of benzene rings is 1. The van der Waals surface area contributed by atoms with Gasteiger partial charge in [-0.05, 0) is 43.9 Å². The van der Waals surface area contributed by atoms with Crippen molar-refractivity contribution in [3.63, 3.8) is 0 Å². The number of piperidine rings is 1. The molecule has 0 spiro atoms. The third-order valence-corrected chi connectivity index (χ3v) is 3.89. The van der Waals surface area contributed by atoms with E-state index >= 15 is 0 Å². The summed E-state index contributed by atoms with van der Waals surface area (Å²) in [5.74, 6) is -1.79. The summed E-state index contributed by atoms with van der Waals surface area (Å²) < 4.78 is 40.7. The molecule has 1 heterocycles. The summed E-state index contributed by atoms with van der Waals surface area (Å²) in [5, 5.41) is 8.80. The lowest BCUT2D eigenvalue weighted by Crippen LogP contribution is -2.44. The van der Waals surface area contributed by atoms with Crippen LogP contribution in [0.3, 0.4) is 0 Å². The fraction of sp³-hybridized carbons (Fsp3) is 0.500. The molecule has 1 aromatic rings. The Labute approximate surface area is 137 Å². The Hall–Kier alpha value is -2.25. The Balaban J connectivity index is 2.13. The number of hydrogen-bond donors (Lipinski definition) is 1. The van der Waals surface area contributed by atoms with Gasteiger partial charge in [-0.15, -0.1) is 13.2 Å². The Bertz CT molecular complexity index is 603. The number of alkyl halides is 3. The Morgan fingerprint density at radius 1 is 1.29 bits per heavy atom. The molecule has 1 aromatic carbocycles. The van der Waals surface area contributed by atoms with Gasteiger partial charge in [0.25, 0.3) is 5.91 Å². The molecule has 0 bridgehead atoms. The SMILES string of the molecule is O=C(O)CCC1CCCCN1C(=O)c1cccc(OC(F)(F)F)c1. The quantitative estimate of drug-likeness (QED) is 0.888. The number of ether oxygens (including phenoxy) is 1. The first-order chi connectivity index (χ1) is 11.3. The fourth-order valence-corrected chi connectivity index (χ4v) is 2.85. The second-order valence-corrected chi connectivity index (χ2v) is 5.66. The number of likely N-dealkylation sites (tertiary alicyclic amines) is 1. The van der Waals surface area contributed by atoms with Crippen molar-refractivity contribution in [3.8, 4) is 5.75 Å². The lowest BCUT2D eigenvalue weighted by Gasteiger charge is -2.35. The van der Waals surface area contributed by atoms with Crippen molar-refractivity contribution < 1.29 is 32.6 Å². The second-order valence-electron chi connectivity index (χ2n) is 5.66. The van der Waals surface area contributed by atoms with Crippen molar-refractivity contribution in [3.05, 3.63) is 29.8 Å². The lowest BCUT2D eigenvalue weighted by atomic mass is 9.97. The van der Waals surface area contributed by atoms with Gasteiger partial charge in [0, 0.05) is 24.6 Å². The molecule has 1 fully saturated rings. The van der Waals surface area contributed by atoms with E-state index in [0.717, 1.165) is 25.0 Å². The van der Waals surface area contributed by atoms with Gasteiger partial charge in [0.15, 0.2) is 0 Å². The number of halogens is 3. The normalized spacial score (nSPS) is 18.3. The zero-order valence-corrected chi connectivity index (χ0v) is 12.9. The first-order valence-corrected chi connectivity index (χ1v) is 7.65. The fourth-order valence-electron chi connectivity index (χ4n) is 2.85. The molecule has 132 valence electrons. The molecule has 24 heavy (non-hydrogen) atoms. The molecule has 5 nitrogen and oxygen atoms in total. The van der Waals surface area contributed by atoms with E-state index in [1.165, 1.54) is 12.1 Å². The average molecular weight is 345 g/mol. The van der Waals surface area contributed by atoms with Gasteiger partial charge in [-0.2, -0.15) is 0 Å². The smallest absolute Gasteiger partial charge is 0.481 e. The van der Waals surface area contributed by atoms with Crippen LogP contribution in [0.15, 0.2) is 24.3 Å². The molecular weight excluding hydrogens is 327 g/mol. The molecule has 0 radical (unpaired) electrons. The van der Waals surface area contributed by atoms with Gasteiger partial charge < -0.3 is 14.7 Å². The number of aliphatic carboxylic acids is 1. The molecule has 0 aromatic heterocycles. The van der Waals surface area contributed by atoms with E-state index in [1.807, 2.05) is 0 Å². The number of amides is 1. The van der Waals surface area contributed by atoms with E-state index in [2.05, 4.69) is 4.74 Å². The number of carboxylic acids is 1. The van der Waals surface area contributed by atoms with Crippen LogP contribution >= 0.6 is 0 Å². The lowest BCUT2D eigenvalue weighted by molar-refractivity contribution is -0.274. The van der Waals surface area contributed by atoms with Crippen LogP contribution in [-0.2, 0) is 4.79 Å². The molecular formula is C16H18F3NO4. The van der Waals surface area contributed by atoms with Crippen LogP contribution in [0.25, 0.3) is 0 Å². The van der Waals surface area contributed by atoms with Crippen molar-refractivity contribution in [1.82, 2.24) is 4.90 Å². The molecule has 2 rings (SSSR count). The summed E-state index contributed by atoms with van der Waals surface area (Å²) in [6.07, 6.45) is -2.17. The summed E-state index contributed by atoms with van der Waals surface area (Å²) in [6, 6.07) is 4.72. The average Bonchev–Trinajstić information content (AvgIpc) is 2.51. The van der Waals surface area contributed by atoms with Crippen LogP contribution in [0.1, 0.15) is 42.5 Å². The van der Waals surface area contributed by atoms with E-state index < -0.39 is 24.0 Å². The molecule has 0 aliphatic carbocycles. The molecule has 1 N–H and O–H groups in total. The minimum Gasteiger partial charge on any atom is -0.481 e. The third kappa shape index (κ3) is 5.14. The minimum atomic E-state index is -4.82. The Morgan fingerprint density at radius 2 is 2.04 bits per heavy atom. The van der Waals surface area contributed by atoms with Gasteiger partial charge in [0.2, 0.25) is 0 Å². The summed E-state index contributed by atoms with van der Waals surface area (Å²) in [4.78, 5) is 24.9. The molecule has 1 amide bonds. The van der Waals surface area contributed by atoms with Crippen LogP contribution in [-0.4, -0.2) is 40.8 Å². The van der Waals surface area contributed by atoms with Crippen molar-refractivity contribution >= 4 is 11.9 Å². The topological polar surface area (TPSA) is 66.8 Å². The molecule has 1 unspecified atom stereocenters. The molecule has 1 atom stereocenters.